The molecule has 2 atom stereocenters. The number of hydrogen-bond donors (Lipinski definition) is 3. The lowest BCUT2D eigenvalue weighted by Crippen LogP contribution is -2.43. The molecular formula is C27H29N5O4S. The van der Waals surface area contributed by atoms with Crippen LogP contribution in [-0.2, 0) is 16.1 Å². The van der Waals surface area contributed by atoms with Crippen molar-refractivity contribution < 1.29 is 19.1 Å². The first-order valence-electron chi connectivity index (χ1n) is 12.4. The van der Waals surface area contributed by atoms with Gasteiger partial charge in [-0.05, 0) is 43.5 Å². The van der Waals surface area contributed by atoms with E-state index in [4.69, 9.17) is 4.74 Å². The van der Waals surface area contributed by atoms with Crippen LogP contribution in [0.15, 0.2) is 60.0 Å². The molecule has 192 valence electrons. The van der Waals surface area contributed by atoms with Crippen molar-refractivity contribution in [1.29, 1.82) is 0 Å². The molecule has 5 rings (SSSR count). The first kappa shape index (κ1) is 24.9. The van der Waals surface area contributed by atoms with E-state index in [1.54, 1.807) is 12.1 Å². The lowest BCUT2D eigenvalue weighted by molar-refractivity contribution is -0.120. The minimum absolute atomic E-state index is 0.0881. The smallest absolute Gasteiger partial charge is 0.410 e. The van der Waals surface area contributed by atoms with Crippen molar-refractivity contribution in [1.82, 2.24) is 20.5 Å². The number of nitrogens with one attached hydrogen (secondary N) is 3. The Bertz CT molecular complexity index is 1240. The van der Waals surface area contributed by atoms with Crippen molar-refractivity contribution in [3.8, 4) is 11.3 Å². The molecule has 2 fully saturated rings. The van der Waals surface area contributed by atoms with Crippen molar-refractivity contribution >= 4 is 34.4 Å². The number of likely N-dealkylation sites (tertiary alicyclic amines) is 1. The molecule has 0 spiro atoms. The van der Waals surface area contributed by atoms with Crippen LogP contribution in [0.2, 0.25) is 0 Å². The highest BCUT2D eigenvalue weighted by Gasteiger charge is 2.35. The van der Waals surface area contributed by atoms with E-state index in [1.165, 1.54) is 16.2 Å². The second-order valence-electron chi connectivity index (χ2n) is 9.16. The van der Waals surface area contributed by atoms with Crippen LogP contribution >= 0.6 is 11.3 Å². The van der Waals surface area contributed by atoms with Crippen LogP contribution < -0.4 is 16.0 Å². The van der Waals surface area contributed by atoms with Crippen molar-refractivity contribution in [2.45, 2.75) is 38.0 Å². The zero-order valence-corrected chi connectivity index (χ0v) is 21.1. The van der Waals surface area contributed by atoms with Gasteiger partial charge in [0.05, 0.1) is 5.69 Å². The molecule has 9 nitrogen and oxygen atoms in total. The first-order chi connectivity index (χ1) is 18.1. The van der Waals surface area contributed by atoms with E-state index in [0.29, 0.717) is 29.4 Å². The molecule has 10 heteroatoms. The van der Waals surface area contributed by atoms with E-state index < -0.39 is 12.1 Å². The van der Waals surface area contributed by atoms with E-state index in [9.17, 15) is 14.4 Å². The summed E-state index contributed by atoms with van der Waals surface area (Å²) in [5.74, 6) is -0.363. The van der Waals surface area contributed by atoms with E-state index in [2.05, 4.69) is 20.9 Å². The molecule has 3 N–H and O–H groups in total. The number of carbonyl (C=O) groups excluding carboxylic acids is 3. The molecule has 37 heavy (non-hydrogen) atoms. The summed E-state index contributed by atoms with van der Waals surface area (Å²) in [7, 11) is 0. The molecule has 3 heterocycles. The van der Waals surface area contributed by atoms with Gasteiger partial charge in [0.1, 0.15) is 12.6 Å². The zero-order chi connectivity index (χ0) is 25.6. The molecule has 2 saturated heterocycles. The van der Waals surface area contributed by atoms with Gasteiger partial charge in [-0.15, -0.1) is 11.3 Å². The van der Waals surface area contributed by atoms with E-state index >= 15 is 0 Å². The molecule has 2 aliphatic heterocycles. The Labute approximate surface area is 219 Å². The van der Waals surface area contributed by atoms with Gasteiger partial charge in [0.15, 0.2) is 5.13 Å². The summed E-state index contributed by atoms with van der Waals surface area (Å²) in [6.07, 6.45) is 1.75. The summed E-state index contributed by atoms with van der Waals surface area (Å²) in [5, 5.41) is 11.4. The Morgan fingerprint density at radius 2 is 1.89 bits per heavy atom. The third-order valence-corrected chi connectivity index (χ3v) is 7.33. The minimum Gasteiger partial charge on any atom is -0.445 e. The lowest BCUT2D eigenvalue weighted by Gasteiger charge is -2.22. The van der Waals surface area contributed by atoms with Gasteiger partial charge in [-0.3, -0.25) is 14.5 Å². The van der Waals surface area contributed by atoms with Crippen LogP contribution in [0, 0.1) is 0 Å². The molecule has 0 bridgehead atoms. The Hall–Kier alpha value is -3.76. The van der Waals surface area contributed by atoms with Gasteiger partial charge in [-0.25, -0.2) is 9.78 Å². The van der Waals surface area contributed by atoms with Crippen molar-refractivity contribution in [2.75, 3.05) is 25.0 Å². The molecule has 3 aromatic rings. The average Bonchev–Trinajstić information content (AvgIpc) is 3.70. The zero-order valence-electron chi connectivity index (χ0n) is 20.3. The second-order valence-corrected chi connectivity index (χ2v) is 10.0. The van der Waals surface area contributed by atoms with Crippen LogP contribution in [0.3, 0.4) is 0 Å². The Morgan fingerprint density at radius 1 is 1.08 bits per heavy atom. The Morgan fingerprint density at radius 3 is 2.65 bits per heavy atom. The van der Waals surface area contributed by atoms with Crippen LogP contribution in [0.5, 0.6) is 0 Å². The fourth-order valence-corrected chi connectivity index (χ4v) is 5.27. The summed E-state index contributed by atoms with van der Waals surface area (Å²) in [6, 6.07) is 16.3. The maximum Gasteiger partial charge on any atom is 0.410 e. The molecule has 0 aliphatic carbocycles. The number of hydrogen-bond acceptors (Lipinski definition) is 7. The van der Waals surface area contributed by atoms with Gasteiger partial charge < -0.3 is 20.7 Å². The summed E-state index contributed by atoms with van der Waals surface area (Å²) in [5.41, 5.74) is 3.05. The number of ether oxygens (including phenoxy) is 1. The minimum atomic E-state index is -0.594. The number of aromatic nitrogens is 1. The molecular weight excluding hydrogens is 490 g/mol. The third-order valence-electron chi connectivity index (χ3n) is 6.57. The molecule has 1 aromatic heterocycles. The molecule has 3 amide bonds. The van der Waals surface area contributed by atoms with Gasteiger partial charge >= 0.3 is 6.09 Å². The van der Waals surface area contributed by atoms with Crippen LogP contribution in [0.4, 0.5) is 9.93 Å². The fraction of sp³-hybridized carbons (Fsp3) is 0.333. The molecule has 0 saturated carbocycles. The Kier molecular flexibility index (Phi) is 7.76. The third kappa shape index (κ3) is 6.15. The Balaban J connectivity index is 1.16. The van der Waals surface area contributed by atoms with E-state index in [1.807, 2.05) is 47.8 Å². The maximum absolute atomic E-state index is 13.0. The van der Waals surface area contributed by atoms with Crippen LogP contribution in [0.25, 0.3) is 11.3 Å². The molecule has 2 unspecified atom stereocenters. The predicted molar refractivity (Wildman–Crippen MR) is 141 cm³/mol. The SMILES string of the molecule is O=C(NC1CCNC1)c1ccc(-c2csc(NC(=O)C3CCCN3C(=O)OCc3ccccc3)n2)cc1. The lowest BCUT2D eigenvalue weighted by atomic mass is 10.1. The van der Waals surface area contributed by atoms with E-state index in [-0.39, 0.29) is 24.5 Å². The van der Waals surface area contributed by atoms with Crippen molar-refractivity contribution in [3.05, 3.63) is 71.1 Å². The number of anilines is 1. The number of carbonyl (C=O) groups is 3. The molecule has 2 aromatic carbocycles. The van der Waals surface area contributed by atoms with Crippen LogP contribution in [-0.4, -0.2) is 59.5 Å². The normalized spacial score (nSPS) is 19.0. The molecule has 2 aliphatic rings. The average molecular weight is 520 g/mol. The van der Waals surface area contributed by atoms with Gasteiger partial charge in [0, 0.05) is 35.6 Å². The summed E-state index contributed by atoms with van der Waals surface area (Å²) in [4.78, 5) is 44.1. The number of rotatable bonds is 7. The second kappa shape index (κ2) is 11.5. The highest BCUT2D eigenvalue weighted by atomic mass is 32.1. The monoisotopic (exact) mass is 519 g/mol. The first-order valence-corrected chi connectivity index (χ1v) is 13.3. The van der Waals surface area contributed by atoms with Crippen molar-refractivity contribution in [2.24, 2.45) is 0 Å². The summed E-state index contributed by atoms with van der Waals surface area (Å²) >= 11 is 1.32. The number of thiazole rings is 1. The van der Waals surface area contributed by atoms with Crippen LogP contribution in [0.1, 0.15) is 35.2 Å². The maximum atomic E-state index is 13.0. The van der Waals surface area contributed by atoms with Gasteiger partial charge in [-0.1, -0.05) is 42.5 Å². The molecule has 0 radical (unpaired) electrons. The quantitative estimate of drug-likeness (QED) is 0.439. The van der Waals surface area contributed by atoms with E-state index in [0.717, 1.165) is 37.1 Å². The summed E-state index contributed by atoms with van der Waals surface area (Å²) < 4.78 is 5.43. The number of benzene rings is 2. The van der Waals surface area contributed by atoms with Gasteiger partial charge in [-0.2, -0.15) is 0 Å². The highest BCUT2D eigenvalue weighted by molar-refractivity contribution is 7.14. The number of nitrogens with zero attached hydrogens (tertiary/aromatic N) is 2. The predicted octanol–water partition coefficient (Wildman–Crippen LogP) is 3.64. The highest BCUT2D eigenvalue weighted by Crippen LogP contribution is 2.27. The number of amides is 3. The van der Waals surface area contributed by atoms with Gasteiger partial charge in [0.2, 0.25) is 5.91 Å². The summed E-state index contributed by atoms with van der Waals surface area (Å²) in [6.45, 7) is 2.36. The standard InChI is InChI=1S/C27H29N5O4S/c33-24(29-21-12-13-28-15-21)20-10-8-19(9-11-20)22-17-37-26(30-22)31-25(34)23-7-4-14-32(23)27(35)36-16-18-5-2-1-3-6-18/h1-3,5-6,8-11,17,21,23,28H,4,7,12-16H2,(H,29,33)(H,30,31,34). The topological polar surface area (TPSA) is 113 Å². The van der Waals surface area contributed by atoms with Gasteiger partial charge in [0.25, 0.3) is 5.91 Å². The fourth-order valence-electron chi connectivity index (χ4n) is 4.55. The van der Waals surface area contributed by atoms with Crippen molar-refractivity contribution in [3.63, 3.8) is 0 Å². The largest absolute Gasteiger partial charge is 0.445 e.